The minimum Gasteiger partial charge on any atom is -0.538 e. The van der Waals surface area contributed by atoms with Gasteiger partial charge in [0.2, 0.25) is 5.78 Å². The Bertz CT molecular complexity index is 186. The molecule has 0 amide bonds. The van der Waals surface area contributed by atoms with Gasteiger partial charge in [-0.3, -0.25) is 4.79 Å². The SMILES string of the molecule is CC(=O)C(=[N+]=[N-])C(=O)[O-]. The maximum absolute atomic E-state index is 10.1. The summed E-state index contributed by atoms with van der Waals surface area (Å²) in [6.07, 6.45) is 0. The zero-order valence-electron chi connectivity index (χ0n) is 4.62. The normalized spacial score (nSPS) is 7.67. The Labute approximate surface area is 50.5 Å². The number of carbonyl (C=O) groups is 2. The van der Waals surface area contributed by atoms with E-state index in [1.807, 2.05) is 0 Å². The number of aliphatic carboxylic acids is 1. The number of carboxylic acids is 1. The van der Waals surface area contributed by atoms with E-state index in [0.717, 1.165) is 6.92 Å². The van der Waals surface area contributed by atoms with Crippen LogP contribution in [-0.2, 0) is 9.59 Å². The van der Waals surface area contributed by atoms with Gasteiger partial charge in [0.1, 0.15) is 0 Å². The number of hydrogen-bond donors (Lipinski definition) is 0. The van der Waals surface area contributed by atoms with E-state index in [0.29, 0.717) is 0 Å². The molecule has 0 aliphatic rings. The Balaban J connectivity index is 4.59. The number of Topliss-reactive ketones (excluding diaryl/α,β-unsaturated/α-hetero) is 1. The van der Waals surface area contributed by atoms with Gasteiger partial charge in [-0.2, -0.15) is 4.79 Å². The van der Waals surface area contributed by atoms with Gasteiger partial charge < -0.3 is 15.4 Å². The van der Waals surface area contributed by atoms with E-state index in [1.165, 1.54) is 0 Å². The largest absolute Gasteiger partial charge is 0.538 e. The standard InChI is InChI=1S/C4H4N2O3/c1-2(7)3(6-5)4(8)9/h1H3,(H,8,9)/p-1. The molecule has 0 spiro atoms. The Hall–Kier alpha value is -1.48. The molecule has 0 bridgehead atoms. The summed E-state index contributed by atoms with van der Waals surface area (Å²) in [4.78, 5) is 22.0. The van der Waals surface area contributed by atoms with Crippen LogP contribution in [0.5, 0.6) is 0 Å². The van der Waals surface area contributed by atoms with Gasteiger partial charge in [-0.15, -0.1) is 0 Å². The van der Waals surface area contributed by atoms with Crippen LogP contribution in [0, 0.1) is 0 Å². The predicted octanol–water partition coefficient (Wildman–Crippen LogP) is -2.00. The van der Waals surface area contributed by atoms with Gasteiger partial charge in [0.25, 0.3) is 0 Å². The molecular formula is C4H3N2O3-. The first-order valence-electron chi connectivity index (χ1n) is 2.04. The molecule has 9 heavy (non-hydrogen) atoms. The lowest BCUT2D eigenvalue weighted by atomic mass is 10.3. The average Bonchev–Trinajstić information content (AvgIpc) is 1.64. The quantitative estimate of drug-likeness (QED) is 0.186. The van der Waals surface area contributed by atoms with Gasteiger partial charge in [0.05, 0.1) is 0 Å². The summed E-state index contributed by atoms with van der Waals surface area (Å²) >= 11 is 0. The van der Waals surface area contributed by atoms with Crippen molar-refractivity contribution < 1.29 is 19.5 Å². The van der Waals surface area contributed by atoms with E-state index in [-0.39, 0.29) is 0 Å². The molecule has 0 aliphatic heterocycles. The average molecular weight is 127 g/mol. The number of ketones is 1. The highest BCUT2D eigenvalue weighted by Crippen LogP contribution is 1.70. The van der Waals surface area contributed by atoms with Gasteiger partial charge in [-0.1, -0.05) is 0 Å². The lowest BCUT2D eigenvalue weighted by molar-refractivity contribution is -0.297. The predicted molar refractivity (Wildman–Crippen MR) is 24.3 cm³/mol. The minimum absolute atomic E-state index is 0.836. The van der Waals surface area contributed by atoms with Crippen molar-refractivity contribution in [1.82, 2.24) is 0 Å². The molecule has 0 fully saturated rings. The molecule has 0 aromatic rings. The van der Waals surface area contributed by atoms with Crippen LogP contribution >= 0.6 is 0 Å². The summed E-state index contributed by atoms with van der Waals surface area (Å²) in [5, 5.41) is 9.75. The molecule has 0 radical (unpaired) electrons. The van der Waals surface area contributed by atoms with Crippen LogP contribution in [0.15, 0.2) is 0 Å². The first-order chi connectivity index (χ1) is 4.09. The lowest BCUT2D eigenvalue weighted by Crippen LogP contribution is -2.36. The first-order valence-corrected chi connectivity index (χ1v) is 2.04. The van der Waals surface area contributed by atoms with Crippen LogP contribution in [-0.4, -0.2) is 22.3 Å². The fourth-order valence-electron chi connectivity index (χ4n) is 0.255. The molecule has 5 nitrogen and oxygen atoms in total. The zero-order valence-corrected chi connectivity index (χ0v) is 4.62. The molecule has 0 unspecified atom stereocenters. The van der Waals surface area contributed by atoms with Gasteiger partial charge in [-0.05, 0) is 0 Å². The van der Waals surface area contributed by atoms with Gasteiger partial charge in [0.15, 0.2) is 5.97 Å². The van der Waals surface area contributed by atoms with Crippen LogP contribution in [0.3, 0.4) is 0 Å². The summed E-state index contributed by atoms with van der Waals surface area (Å²) in [7, 11) is 0. The summed E-state index contributed by atoms with van der Waals surface area (Å²) in [6, 6.07) is 0. The van der Waals surface area contributed by atoms with Crippen LogP contribution in [0.1, 0.15) is 6.92 Å². The second-order valence-electron chi connectivity index (χ2n) is 1.29. The second-order valence-corrected chi connectivity index (χ2v) is 1.29. The third kappa shape index (κ3) is 1.84. The molecule has 0 N–H and O–H groups in total. The van der Waals surface area contributed by atoms with Gasteiger partial charge in [0, 0.05) is 6.92 Å². The maximum Gasteiger partial charge on any atom is 0.380 e. The van der Waals surface area contributed by atoms with E-state index in [1.54, 1.807) is 0 Å². The number of carbonyl (C=O) groups excluding carboxylic acids is 2. The monoisotopic (exact) mass is 127 g/mol. The van der Waals surface area contributed by atoms with Crippen LogP contribution in [0.2, 0.25) is 0 Å². The summed E-state index contributed by atoms with van der Waals surface area (Å²) < 4.78 is 0. The Morgan fingerprint density at radius 2 is 2.00 bits per heavy atom. The van der Waals surface area contributed by atoms with Crippen molar-refractivity contribution in [3.63, 3.8) is 0 Å². The molecule has 0 aliphatic carbocycles. The van der Waals surface area contributed by atoms with E-state index in [9.17, 15) is 14.7 Å². The highest BCUT2D eigenvalue weighted by Gasteiger charge is 2.14. The third-order valence-corrected chi connectivity index (χ3v) is 0.627. The maximum atomic E-state index is 10.1. The van der Waals surface area contributed by atoms with Crippen molar-refractivity contribution in [3.8, 4) is 0 Å². The molecule has 0 heterocycles. The molecule has 0 atom stereocenters. The third-order valence-electron chi connectivity index (χ3n) is 0.627. The van der Waals surface area contributed by atoms with Gasteiger partial charge in [-0.25, -0.2) is 0 Å². The van der Waals surface area contributed by atoms with Crippen LogP contribution in [0.25, 0.3) is 5.53 Å². The molecule has 0 aromatic heterocycles. The zero-order chi connectivity index (χ0) is 7.44. The van der Waals surface area contributed by atoms with Crippen molar-refractivity contribution >= 4 is 17.5 Å². The Kier molecular flexibility index (Phi) is 2.29. The van der Waals surface area contributed by atoms with Crippen molar-refractivity contribution in [2.45, 2.75) is 6.92 Å². The van der Waals surface area contributed by atoms with Crippen molar-refractivity contribution in [2.75, 3.05) is 0 Å². The van der Waals surface area contributed by atoms with E-state index in [2.05, 4.69) is 4.79 Å². The van der Waals surface area contributed by atoms with Crippen molar-refractivity contribution in [2.24, 2.45) is 0 Å². The summed E-state index contributed by atoms with van der Waals surface area (Å²) in [5.41, 5.74) is 6.85. The molecule has 48 valence electrons. The molecule has 0 aromatic carbocycles. The molecule has 0 saturated heterocycles. The molecule has 5 heteroatoms. The number of nitrogens with zero attached hydrogens (tertiary/aromatic N) is 2. The van der Waals surface area contributed by atoms with Crippen LogP contribution in [0.4, 0.5) is 0 Å². The Morgan fingerprint density at radius 3 is 2.00 bits per heavy atom. The van der Waals surface area contributed by atoms with E-state index >= 15 is 0 Å². The number of carboxylic acid groups (broad SMARTS) is 1. The fraction of sp³-hybridized carbons (Fsp3) is 0.250. The van der Waals surface area contributed by atoms with Crippen molar-refractivity contribution in [1.29, 1.82) is 0 Å². The number of rotatable bonds is 2. The van der Waals surface area contributed by atoms with E-state index < -0.39 is 17.5 Å². The fourth-order valence-corrected chi connectivity index (χ4v) is 0.255. The molecule has 0 saturated carbocycles. The Morgan fingerprint density at radius 1 is 1.56 bits per heavy atom. The smallest absolute Gasteiger partial charge is 0.380 e. The topological polar surface area (TPSA) is 93.6 Å². The first kappa shape index (κ1) is 7.52. The van der Waals surface area contributed by atoms with Crippen molar-refractivity contribution in [3.05, 3.63) is 5.53 Å². The second kappa shape index (κ2) is 2.74. The van der Waals surface area contributed by atoms with Gasteiger partial charge >= 0.3 is 5.71 Å². The molecular weight excluding hydrogens is 124 g/mol. The summed E-state index contributed by atoms with van der Waals surface area (Å²) in [5.74, 6) is -2.61. The highest BCUT2D eigenvalue weighted by atomic mass is 16.4. The molecule has 0 rings (SSSR count). The number of hydrogen-bond acceptors (Lipinski definition) is 3. The van der Waals surface area contributed by atoms with Crippen LogP contribution < -0.4 is 5.11 Å². The van der Waals surface area contributed by atoms with E-state index in [4.69, 9.17) is 5.53 Å². The minimum atomic E-state index is -1.77. The lowest BCUT2D eigenvalue weighted by Gasteiger charge is -1.87. The highest BCUT2D eigenvalue weighted by molar-refractivity contribution is 6.60. The summed E-state index contributed by atoms with van der Waals surface area (Å²) in [6.45, 7) is 0.963.